The van der Waals surface area contributed by atoms with Crippen LogP contribution in [-0.4, -0.2) is 29.7 Å². The molecule has 0 saturated heterocycles. The first-order valence-electron chi connectivity index (χ1n) is 5.94. The van der Waals surface area contributed by atoms with Gasteiger partial charge in [-0.15, -0.1) is 0 Å². The van der Waals surface area contributed by atoms with Gasteiger partial charge < -0.3 is 10.0 Å². The number of carbonyl (C=O) groups is 1. The predicted octanol–water partition coefficient (Wildman–Crippen LogP) is 2.81. The molecular weight excluding hydrogens is 236 g/mol. The molecule has 0 aromatic carbocycles. The Labute approximate surface area is 105 Å². The quantitative estimate of drug-likeness (QED) is 0.878. The maximum Gasteiger partial charge on any atom is 0.347 e. The molecule has 5 heteroatoms. The van der Waals surface area contributed by atoms with E-state index in [1.807, 2.05) is 20.9 Å². The lowest BCUT2D eigenvalue weighted by molar-refractivity contribution is 0.0700. The molecule has 4 nitrogen and oxygen atoms in total. The Morgan fingerprint density at radius 1 is 1.59 bits per heavy atom. The number of carboxylic acid groups (broad SMARTS) is 1. The minimum absolute atomic E-state index is 0.153. The van der Waals surface area contributed by atoms with Gasteiger partial charge in [0.1, 0.15) is 4.88 Å². The summed E-state index contributed by atoms with van der Waals surface area (Å²) in [6.45, 7) is 4.95. The monoisotopic (exact) mass is 254 g/mol. The molecule has 94 valence electrons. The van der Waals surface area contributed by atoms with Crippen molar-refractivity contribution in [2.45, 2.75) is 32.6 Å². The molecular formula is C12H18N2O2S. The van der Waals surface area contributed by atoms with Gasteiger partial charge in [0.25, 0.3) is 0 Å². The summed E-state index contributed by atoms with van der Waals surface area (Å²) in [4.78, 5) is 18.1. The van der Waals surface area contributed by atoms with Crippen molar-refractivity contribution in [2.24, 2.45) is 5.92 Å². The minimum atomic E-state index is -0.864. The summed E-state index contributed by atoms with van der Waals surface area (Å²) < 4.78 is 0. The standard InChI is InChI=1S/C12H18N2O2S/c1-7(2)9-10(11(15)16)17-12(13-9)14(3)6-8-4-5-8/h7-8H,4-6H2,1-3H3,(H,15,16). The maximum atomic E-state index is 11.1. The van der Waals surface area contributed by atoms with Crippen molar-refractivity contribution in [2.75, 3.05) is 18.5 Å². The van der Waals surface area contributed by atoms with Gasteiger partial charge in [-0.3, -0.25) is 0 Å². The van der Waals surface area contributed by atoms with E-state index in [4.69, 9.17) is 5.11 Å². The van der Waals surface area contributed by atoms with Gasteiger partial charge in [-0.2, -0.15) is 0 Å². The Hall–Kier alpha value is -1.10. The summed E-state index contributed by atoms with van der Waals surface area (Å²) >= 11 is 1.29. The van der Waals surface area contributed by atoms with E-state index < -0.39 is 5.97 Å². The molecule has 0 atom stereocenters. The number of aromatic nitrogens is 1. The number of anilines is 1. The normalized spacial score (nSPS) is 15.3. The fraction of sp³-hybridized carbons (Fsp3) is 0.667. The van der Waals surface area contributed by atoms with Crippen molar-refractivity contribution >= 4 is 22.4 Å². The minimum Gasteiger partial charge on any atom is -0.477 e. The van der Waals surface area contributed by atoms with Gasteiger partial charge in [0.15, 0.2) is 5.13 Å². The van der Waals surface area contributed by atoms with Gasteiger partial charge in [-0.25, -0.2) is 9.78 Å². The number of rotatable bonds is 5. The molecule has 1 heterocycles. The lowest BCUT2D eigenvalue weighted by Crippen LogP contribution is -2.19. The summed E-state index contributed by atoms with van der Waals surface area (Å²) in [6.07, 6.45) is 2.58. The van der Waals surface area contributed by atoms with Crippen LogP contribution in [0.2, 0.25) is 0 Å². The van der Waals surface area contributed by atoms with Crippen LogP contribution in [0.5, 0.6) is 0 Å². The topological polar surface area (TPSA) is 53.4 Å². The zero-order chi connectivity index (χ0) is 12.6. The molecule has 17 heavy (non-hydrogen) atoms. The fourth-order valence-electron chi connectivity index (χ4n) is 1.79. The van der Waals surface area contributed by atoms with Crippen LogP contribution in [0.15, 0.2) is 0 Å². The highest BCUT2D eigenvalue weighted by molar-refractivity contribution is 7.17. The highest BCUT2D eigenvalue weighted by Gasteiger charge is 2.26. The number of aromatic carboxylic acids is 1. The van der Waals surface area contributed by atoms with Gasteiger partial charge in [-0.1, -0.05) is 25.2 Å². The Bertz CT molecular complexity index is 424. The second kappa shape index (κ2) is 4.64. The van der Waals surface area contributed by atoms with Gasteiger partial charge in [0, 0.05) is 13.6 Å². The Kier molecular flexibility index (Phi) is 3.38. The highest BCUT2D eigenvalue weighted by atomic mass is 32.1. The number of hydrogen-bond donors (Lipinski definition) is 1. The van der Waals surface area contributed by atoms with Crippen molar-refractivity contribution in [1.29, 1.82) is 0 Å². The SMILES string of the molecule is CC(C)c1nc(N(C)CC2CC2)sc1C(=O)O. The summed E-state index contributed by atoms with van der Waals surface area (Å²) in [5.41, 5.74) is 0.708. The van der Waals surface area contributed by atoms with E-state index in [9.17, 15) is 4.79 Å². The van der Waals surface area contributed by atoms with Crippen LogP contribution >= 0.6 is 11.3 Å². The third-order valence-corrected chi connectivity index (χ3v) is 4.11. The summed E-state index contributed by atoms with van der Waals surface area (Å²) in [7, 11) is 1.99. The molecule has 0 radical (unpaired) electrons. The van der Waals surface area contributed by atoms with Crippen LogP contribution in [0.3, 0.4) is 0 Å². The van der Waals surface area contributed by atoms with E-state index in [1.165, 1.54) is 24.2 Å². The van der Waals surface area contributed by atoms with Crippen LogP contribution < -0.4 is 4.90 Å². The maximum absolute atomic E-state index is 11.1. The molecule has 0 unspecified atom stereocenters. The molecule has 1 fully saturated rings. The smallest absolute Gasteiger partial charge is 0.347 e. The van der Waals surface area contributed by atoms with Gasteiger partial charge in [-0.05, 0) is 24.7 Å². The molecule has 1 saturated carbocycles. The molecule has 1 aliphatic rings. The number of hydrogen-bond acceptors (Lipinski definition) is 4. The molecule has 0 bridgehead atoms. The summed E-state index contributed by atoms with van der Waals surface area (Å²) in [5, 5.41) is 9.99. The van der Waals surface area contributed by atoms with Crippen LogP contribution in [0.25, 0.3) is 0 Å². The Balaban J connectivity index is 2.22. The second-order valence-corrected chi connectivity index (χ2v) is 5.97. The first-order chi connectivity index (χ1) is 7.99. The third kappa shape index (κ3) is 2.77. The highest BCUT2D eigenvalue weighted by Crippen LogP contribution is 2.34. The van der Waals surface area contributed by atoms with Crippen molar-refractivity contribution in [1.82, 2.24) is 4.98 Å². The molecule has 1 aromatic rings. The first-order valence-corrected chi connectivity index (χ1v) is 6.75. The lowest BCUT2D eigenvalue weighted by Gasteiger charge is -2.14. The molecule has 0 spiro atoms. The first kappa shape index (κ1) is 12.4. The van der Waals surface area contributed by atoms with E-state index in [2.05, 4.69) is 9.88 Å². The van der Waals surface area contributed by atoms with Crippen molar-refractivity contribution in [3.63, 3.8) is 0 Å². The average molecular weight is 254 g/mol. The van der Waals surface area contributed by atoms with E-state index >= 15 is 0 Å². The lowest BCUT2D eigenvalue weighted by atomic mass is 10.1. The molecule has 1 aliphatic carbocycles. The average Bonchev–Trinajstić information content (AvgIpc) is 2.93. The molecule has 0 aliphatic heterocycles. The van der Waals surface area contributed by atoms with Crippen molar-refractivity contribution < 1.29 is 9.90 Å². The van der Waals surface area contributed by atoms with Gasteiger partial charge >= 0.3 is 5.97 Å². The van der Waals surface area contributed by atoms with Crippen molar-refractivity contribution in [3.8, 4) is 0 Å². The zero-order valence-corrected chi connectivity index (χ0v) is 11.3. The van der Waals surface area contributed by atoms with E-state index in [0.29, 0.717) is 10.6 Å². The van der Waals surface area contributed by atoms with Gasteiger partial charge in [0.05, 0.1) is 5.69 Å². The van der Waals surface area contributed by atoms with Crippen LogP contribution in [0, 0.1) is 5.92 Å². The van der Waals surface area contributed by atoms with Crippen molar-refractivity contribution in [3.05, 3.63) is 10.6 Å². The molecule has 2 rings (SSSR count). The Morgan fingerprint density at radius 2 is 2.24 bits per heavy atom. The molecule has 1 aromatic heterocycles. The number of nitrogens with zero attached hydrogens (tertiary/aromatic N) is 2. The molecule has 1 N–H and O–H groups in total. The summed E-state index contributed by atoms with van der Waals surface area (Å²) in [5.74, 6) is 0.0670. The largest absolute Gasteiger partial charge is 0.477 e. The predicted molar refractivity (Wildman–Crippen MR) is 69.2 cm³/mol. The van der Waals surface area contributed by atoms with E-state index in [0.717, 1.165) is 17.6 Å². The summed E-state index contributed by atoms with van der Waals surface area (Å²) in [6, 6.07) is 0. The number of thiazole rings is 1. The van der Waals surface area contributed by atoms with Crippen LogP contribution in [-0.2, 0) is 0 Å². The fourth-order valence-corrected chi connectivity index (χ4v) is 2.82. The molecule has 0 amide bonds. The van der Waals surface area contributed by atoms with E-state index in [-0.39, 0.29) is 5.92 Å². The van der Waals surface area contributed by atoms with Gasteiger partial charge in [0.2, 0.25) is 0 Å². The third-order valence-electron chi connectivity index (χ3n) is 2.94. The second-order valence-electron chi connectivity index (χ2n) is 4.99. The Morgan fingerprint density at radius 3 is 2.65 bits per heavy atom. The van der Waals surface area contributed by atoms with Crippen LogP contribution in [0.1, 0.15) is 48.0 Å². The van der Waals surface area contributed by atoms with E-state index in [1.54, 1.807) is 0 Å². The van der Waals surface area contributed by atoms with Crippen LogP contribution in [0.4, 0.5) is 5.13 Å². The zero-order valence-electron chi connectivity index (χ0n) is 10.4. The number of carboxylic acids is 1.